The van der Waals surface area contributed by atoms with E-state index in [0.29, 0.717) is 16.9 Å². The molecule has 0 saturated carbocycles. The summed E-state index contributed by atoms with van der Waals surface area (Å²) in [4.78, 5) is 0. The van der Waals surface area contributed by atoms with Gasteiger partial charge in [0.2, 0.25) is 0 Å². The summed E-state index contributed by atoms with van der Waals surface area (Å²) in [5, 5.41) is 29.2. The Balaban J connectivity index is 1.88. The van der Waals surface area contributed by atoms with Crippen LogP contribution in [0.15, 0.2) is 0 Å². The highest BCUT2D eigenvalue weighted by Crippen LogP contribution is 2.16. The number of nitrogens with one attached hydrogen (secondary N) is 8. The fourth-order valence-electron chi connectivity index (χ4n) is 4.50. The molecule has 32 heavy (non-hydrogen) atoms. The van der Waals surface area contributed by atoms with Gasteiger partial charge in [0, 0.05) is 77.2 Å². The lowest BCUT2D eigenvalue weighted by atomic mass is 9.90. The molecule has 0 radical (unpaired) electrons. The summed E-state index contributed by atoms with van der Waals surface area (Å²) in [6, 6.07) is 0. The SMILES string of the molecule is C#CC(C)CC(C)CCCNC(=S)NC12CNCNCC(C)(CNCNC1)CNCNC2. The lowest BCUT2D eigenvalue weighted by Gasteiger charge is -2.39. The Bertz CT molecular complexity index is 554. The third kappa shape index (κ3) is 10.3. The van der Waals surface area contributed by atoms with Gasteiger partial charge >= 0.3 is 0 Å². The third-order valence-corrected chi connectivity index (χ3v) is 6.62. The van der Waals surface area contributed by atoms with Crippen molar-refractivity contribution < 1.29 is 0 Å². The minimum absolute atomic E-state index is 0.153. The monoisotopic (exact) mass is 466 g/mol. The largest absolute Gasteiger partial charge is 0.363 e. The zero-order valence-corrected chi connectivity index (χ0v) is 21.1. The second-order valence-corrected chi connectivity index (χ2v) is 10.5. The first kappa shape index (κ1) is 27.3. The summed E-state index contributed by atoms with van der Waals surface area (Å²) < 4.78 is 0. The standard InChI is InChI=1S/C23H46N8S/c1-5-19(2)9-20(3)7-6-8-30-21(32)31-23-13-27-16-24-10-22(4,11-25-17-28-14-23)12-26-18-29-15-23/h1,19-20,24-29H,6-18H2,2-4H3,(H2,30,31,32). The number of fused-ring (bicyclic) bond motifs is 12. The third-order valence-electron chi connectivity index (χ3n) is 6.37. The molecule has 3 heterocycles. The zero-order valence-electron chi connectivity index (χ0n) is 20.3. The fourth-order valence-corrected chi connectivity index (χ4v) is 4.82. The predicted octanol–water partition coefficient (Wildman–Crippen LogP) is -0.291. The maximum absolute atomic E-state index is 5.68. The van der Waals surface area contributed by atoms with E-state index in [0.717, 1.165) is 85.1 Å². The molecular formula is C23H46N8S. The first-order valence-electron chi connectivity index (χ1n) is 12.1. The molecular weight excluding hydrogens is 420 g/mol. The van der Waals surface area contributed by atoms with Crippen LogP contribution in [-0.4, -0.2) is 76.5 Å². The summed E-state index contributed by atoms with van der Waals surface area (Å²) in [6.45, 7) is 15.1. The van der Waals surface area contributed by atoms with E-state index >= 15 is 0 Å². The fraction of sp³-hybridized carbons (Fsp3) is 0.870. The Labute approximate surface area is 201 Å². The molecule has 8 N–H and O–H groups in total. The molecule has 0 aliphatic carbocycles. The molecule has 3 rings (SSSR count). The van der Waals surface area contributed by atoms with Crippen molar-refractivity contribution in [3.05, 3.63) is 0 Å². The number of thiocarbonyl (C=S) groups is 1. The number of hydrogen-bond donors (Lipinski definition) is 8. The molecule has 8 nitrogen and oxygen atoms in total. The van der Waals surface area contributed by atoms with Crippen LogP contribution in [0.5, 0.6) is 0 Å². The molecule has 2 unspecified atom stereocenters. The number of hydrogen-bond acceptors (Lipinski definition) is 7. The van der Waals surface area contributed by atoms with Crippen molar-refractivity contribution in [3.63, 3.8) is 0 Å². The van der Waals surface area contributed by atoms with Gasteiger partial charge in [-0.25, -0.2) is 0 Å². The lowest BCUT2D eigenvalue weighted by molar-refractivity contribution is 0.233. The maximum atomic E-state index is 5.68. The smallest absolute Gasteiger partial charge is 0.166 e. The Hall–Kier alpha value is -0.990. The van der Waals surface area contributed by atoms with E-state index in [1.807, 2.05) is 0 Å². The Kier molecular flexibility index (Phi) is 12.2. The Morgan fingerprint density at radius 1 is 0.938 bits per heavy atom. The summed E-state index contributed by atoms with van der Waals surface area (Å²) in [5.41, 5.74) is -0.0903. The van der Waals surface area contributed by atoms with Crippen LogP contribution in [0.25, 0.3) is 0 Å². The van der Waals surface area contributed by atoms with E-state index in [1.54, 1.807) is 0 Å². The van der Waals surface area contributed by atoms with Crippen molar-refractivity contribution in [2.45, 2.75) is 45.6 Å². The van der Waals surface area contributed by atoms with Crippen molar-refractivity contribution in [1.82, 2.24) is 42.5 Å². The van der Waals surface area contributed by atoms with E-state index in [4.69, 9.17) is 18.6 Å². The van der Waals surface area contributed by atoms with E-state index in [-0.39, 0.29) is 11.0 Å². The molecule has 9 heteroatoms. The quantitative estimate of drug-likeness (QED) is 0.146. The van der Waals surface area contributed by atoms with Crippen LogP contribution in [0.3, 0.4) is 0 Å². The van der Waals surface area contributed by atoms with Crippen LogP contribution < -0.4 is 42.5 Å². The minimum Gasteiger partial charge on any atom is -0.363 e. The molecule has 0 aromatic carbocycles. The first-order valence-corrected chi connectivity index (χ1v) is 12.5. The van der Waals surface area contributed by atoms with Crippen LogP contribution in [0.2, 0.25) is 0 Å². The van der Waals surface area contributed by atoms with Crippen LogP contribution in [-0.2, 0) is 0 Å². The molecule has 3 aliphatic heterocycles. The van der Waals surface area contributed by atoms with Crippen LogP contribution in [0.4, 0.5) is 0 Å². The average Bonchev–Trinajstić information content (AvgIpc) is 2.74. The molecule has 184 valence electrons. The number of terminal acetylenes is 1. The molecule has 3 aliphatic rings. The van der Waals surface area contributed by atoms with Gasteiger partial charge in [-0.05, 0) is 37.4 Å². The average molecular weight is 467 g/mol. The summed E-state index contributed by atoms with van der Waals surface area (Å²) in [7, 11) is 0. The van der Waals surface area contributed by atoms with Gasteiger partial charge in [-0.2, -0.15) is 0 Å². The second kappa shape index (κ2) is 14.3. The van der Waals surface area contributed by atoms with Gasteiger partial charge in [0.05, 0.1) is 5.54 Å². The highest BCUT2D eigenvalue weighted by Gasteiger charge is 2.32. The molecule has 0 amide bonds. The van der Waals surface area contributed by atoms with Crippen molar-refractivity contribution in [3.8, 4) is 12.3 Å². The highest BCUT2D eigenvalue weighted by molar-refractivity contribution is 7.80. The highest BCUT2D eigenvalue weighted by atomic mass is 32.1. The van der Waals surface area contributed by atoms with Crippen molar-refractivity contribution >= 4 is 17.3 Å². The topological polar surface area (TPSA) is 96.2 Å². The summed E-state index contributed by atoms with van der Waals surface area (Å²) in [6.07, 6.45) is 8.83. The van der Waals surface area contributed by atoms with Crippen molar-refractivity contribution in [2.24, 2.45) is 17.3 Å². The van der Waals surface area contributed by atoms with Gasteiger partial charge in [-0.3, -0.25) is 0 Å². The van der Waals surface area contributed by atoms with Gasteiger partial charge in [-0.1, -0.05) is 20.8 Å². The van der Waals surface area contributed by atoms with Crippen LogP contribution >= 0.6 is 12.2 Å². The lowest BCUT2D eigenvalue weighted by Crippen LogP contribution is -2.68. The van der Waals surface area contributed by atoms with Crippen molar-refractivity contribution in [1.29, 1.82) is 0 Å². The predicted molar refractivity (Wildman–Crippen MR) is 138 cm³/mol. The zero-order chi connectivity index (χ0) is 23.3. The Morgan fingerprint density at radius 2 is 1.44 bits per heavy atom. The van der Waals surface area contributed by atoms with Gasteiger partial charge in [-0.15, -0.1) is 12.3 Å². The van der Waals surface area contributed by atoms with Gasteiger partial charge in [0.25, 0.3) is 0 Å². The maximum Gasteiger partial charge on any atom is 0.166 e. The van der Waals surface area contributed by atoms with Gasteiger partial charge in [0.1, 0.15) is 0 Å². The van der Waals surface area contributed by atoms with E-state index < -0.39 is 0 Å². The van der Waals surface area contributed by atoms with E-state index in [2.05, 4.69) is 69.2 Å². The second-order valence-electron chi connectivity index (χ2n) is 10.1. The van der Waals surface area contributed by atoms with Crippen LogP contribution in [0.1, 0.15) is 40.0 Å². The van der Waals surface area contributed by atoms with Gasteiger partial charge < -0.3 is 42.5 Å². The molecule has 2 bridgehead atoms. The molecule has 2 atom stereocenters. The first-order chi connectivity index (χ1) is 15.4. The molecule has 0 aromatic rings. The van der Waals surface area contributed by atoms with Gasteiger partial charge in [0.15, 0.2) is 5.11 Å². The number of rotatable bonds is 7. The van der Waals surface area contributed by atoms with Crippen molar-refractivity contribution in [2.75, 3.05) is 65.8 Å². The van der Waals surface area contributed by atoms with E-state index in [1.165, 1.54) is 0 Å². The molecule has 3 saturated heterocycles. The van der Waals surface area contributed by atoms with E-state index in [9.17, 15) is 0 Å². The molecule has 0 spiro atoms. The van der Waals surface area contributed by atoms with Crippen LogP contribution in [0, 0.1) is 29.6 Å². The summed E-state index contributed by atoms with van der Waals surface area (Å²) >= 11 is 5.68. The molecule has 0 aromatic heterocycles. The summed E-state index contributed by atoms with van der Waals surface area (Å²) in [5.74, 6) is 3.81. The Morgan fingerprint density at radius 3 is 1.94 bits per heavy atom. The normalized spacial score (nSPS) is 29.7. The molecule has 3 fully saturated rings. The minimum atomic E-state index is -0.244.